The van der Waals surface area contributed by atoms with Gasteiger partial charge in [-0.1, -0.05) is 61.8 Å². The van der Waals surface area contributed by atoms with Gasteiger partial charge in [0.2, 0.25) is 5.91 Å². The van der Waals surface area contributed by atoms with Crippen LogP contribution in [0.2, 0.25) is 0 Å². The molecule has 0 aromatic heterocycles. The summed E-state index contributed by atoms with van der Waals surface area (Å²) < 4.78 is 6.39. The quantitative estimate of drug-likeness (QED) is 0.331. The van der Waals surface area contributed by atoms with E-state index in [0.29, 0.717) is 0 Å². The van der Waals surface area contributed by atoms with Crippen LogP contribution in [0.25, 0.3) is 0 Å². The number of allylic oxidation sites excluding steroid dienone is 5. The fraction of sp³-hybridized carbons (Fsp3) is 0.552. The van der Waals surface area contributed by atoms with Gasteiger partial charge in [0.15, 0.2) is 0 Å². The number of carbonyl (C=O) groups is 1. The van der Waals surface area contributed by atoms with Crippen LogP contribution in [0.4, 0.5) is 5.69 Å². The van der Waals surface area contributed by atoms with E-state index in [-0.39, 0.29) is 11.8 Å². The Bertz CT molecular complexity index is 863. The van der Waals surface area contributed by atoms with Crippen molar-refractivity contribution in [2.24, 2.45) is 23.5 Å². The number of benzene rings is 1. The molecule has 0 bridgehead atoms. The van der Waals surface area contributed by atoms with Crippen LogP contribution < -0.4 is 15.8 Å². The number of nitrogens with two attached hydrogens (primary N) is 1. The van der Waals surface area contributed by atoms with Crippen LogP contribution in [0.3, 0.4) is 0 Å². The summed E-state index contributed by atoms with van der Waals surface area (Å²) in [7, 11) is 1.65. The molecular weight excluding hydrogens is 488 g/mol. The van der Waals surface area contributed by atoms with Gasteiger partial charge in [-0.25, -0.2) is 0 Å². The molecule has 1 fully saturated rings. The van der Waals surface area contributed by atoms with Crippen LogP contribution in [-0.2, 0) is 4.79 Å². The Balaban J connectivity index is 0.000000385. The average molecular weight is 534 g/mol. The molecule has 190 valence electrons. The van der Waals surface area contributed by atoms with Gasteiger partial charge in [-0.15, -0.1) is 0 Å². The minimum atomic E-state index is 0.156. The SMILES string of the molecule is COc1cc(NC(=O)C2CCC(C(C)C)CC2)ccc1C.C\C=C(Br)/C(CC)=C(N)\C=C\CC. The van der Waals surface area contributed by atoms with E-state index in [9.17, 15) is 4.79 Å². The third-order valence-corrected chi connectivity index (χ3v) is 7.47. The predicted octanol–water partition coefficient (Wildman–Crippen LogP) is 8.28. The number of anilines is 1. The third kappa shape index (κ3) is 9.69. The van der Waals surface area contributed by atoms with Crippen molar-refractivity contribution in [2.45, 2.75) is 80.1 Å². The van der Waals surface area contributed by atoms with E-state index < -0.39 is 0 Å². The molecule has 0 atom stereocenters. The number of ether oxygens (including phenoxy) is 1. The fourth-order valence-electron chi connectivity index (χ4n) is 4.22. The van der Waals surface area contributed by atoms with Gasteiger partial charge >= 0.3 is 0 Å². The zero-order valence-electron chi connectivity index (χ0n) is 22.2. The van der Waals surface area contributed by atoms with Gasteiger partial charge in [0.1, 0.15) is 5.75 Å². The first-order valence-electron chi connectivity index (χ1n) is 12.6. The Morgan fingerprint density at radius 3 is 2.38 bits per heavy atom. The molecule has 0 spiro atoms. The molecule has 3 N–H and O–H groups in total. The standard InChI is InChI=1S/C18H27NO2.C11H18BrN/c1-12(2)14-6-8-15(9-7-14)18(20)19-16-10-5-13(3)17(11-16)21-4;1-4-7-8-11(13)9(5-2)10(12)6-3/h5,10-12,14-15H,6-9H2,1-4H3,(H,19,20);6-8H,4-5,13H2,1-3H3/b;8-7+,10-6+,11-9+. The second-order valence-electron chi connectivity index (χ2n) is 9.26. The molecule has 4 nitrogen and oxygen atoms in total. The molecule has 5 heteroatoms. The topological polar surface area (TPSA) is 64.3 Å². The second-order valence-corrected chi connectivity index (χ2v) is 10.1. The Hall–Kier alpha value is -2.01. The highest BCUT2D eigenvalue weighted by Crippen LogP contribution is 2.34. The number of nitrogens with one attached hydrogen (secondary N) is 1. The fourth-order valence-corrected chi connectivity index (χ4v) is 4.73. The maximum absolute atomic E-state index is 12.4. The van der Waals surface area contributed by atoms with Gasteiger partial charge in [-0.2, -0.15) is 0 Å². The summed E-state index contributed by atoms with van der Waals surface area (Å²) >= 11 is 3.49. The molecule has 1 saturated carbocycles. The molecule has 1 aliphatic rings. The van der Waals surface area contributed by atoms with Crippen molar-refractivity contribution >= 4 is 27.5 Å². The van der Waals surface area contributed by atoms with E-state index in [0.717, 1.165) is 64.7 Å². The Kier molecular flexibility index (Phi) is 14.0. The smallest absolute Gasteiger partial charge is 0.227 e. The zero-order valence-corrected chi connectivity index (χ0v) is 23.8. The van der Waals surface area contributed by atoms with Crippen molar-refractivity contribution < 1.29 is 9.53 Å². The van der Waals surface area contributed by atoms with E-state index in [1.54, 1.807) is 7.11 Å². The van der Waals surface area contributed by atoms with E-state index in [2.05, 4.69) is 55.0 Å². The number of hydrogen-bond acceptors (Lipinski definition) is 3. The Morgan fingerprint density at radius 2 is 1.88 bits per heavy atom. The summed E-state index contributed by atoms with van der Waals surface area (Å²) in [6.45, 7) is 12.8. The van der Waals surface area contributed by atoms with E-state index in [1.165, 1.54) is 18.4 Å². The van der Waals surface area contributed by atoms with Crippen LogP contribution in [0.5, 0.6) is 5.75 Å². The van der Waals surface area contributed by atoms with Crippen LogP contribution in [0.15, 0.2) is 52.2 Å². The summed E-state index contributed by atoms with van der Waals surface area (Å²) in [5.74, 6) is 2.65. The summed E-state index contributed by atoms with van der Waals surface area (Å²) in [6, 6.07) is 5.81. The highest BCUT2D eigenvalue weighted by atomic mass is 79.9. The lowest BCUT2D eigenvalue weighted by molar-refractivity contribution is -0.121. The second kappa shape index (κ2) is 15.8. The van der Waals surface area contributed by atoms with Crippen molar-refractivity contribution in [3.63, 3.8) is 0 Å². The van der Waals surface area contributed by atoms with E-state index in [1.807, 2.05) is 44.2 Å². The zero-order chi connectivity index (χ0) is 25.7. The predicted molar refractivity (Wildman–Crippen MR) is 150 cm³/mol. The summed E-state index contributed by atoms with van der Waals surface area (Å²) in [5.41, 5.74) is 9.85. The Morgan fingerprint density at radius 1 is 1.24 bits per heavy atom. The average Bonchev–Trinajstić information content (AvgIpc) is 2.84. The number of rotatable bonds is 8. The first-order valence-corrected chi connectivity index (χ1v) is 13.4. The first-order chi connectivity index (χ1) is 16.2. The molecule has 0 unspecified atom stereocenters. The molecule has 1 aromatic rings. The summed E-state index contributed by atoms with van der Waals surface area (Å²) in [6.07, 6.45) is 12.4. The number of methoxy groups -OCH3 is 1. The molecule has 1 amide bonds. The minimum absolute atomic E-state index is 0.156. The monoisotopic (exact) mass is 532 g/mol. The lowest BCUT2D eigenvalue weighted by atomic mass is 9.76. The largest absolute Gasteiger partial charge is 0.496 e. The molecule has 1 aromatic carbocycles. The lowest BCUT2D eigenvalue weighted by Gasteiger charge is -2.30. The van der Waals surface area contributed by atoms with Crippen molar-refractivity contribution in [2.75, 3.05) is 12.4 Å². The van der Waals surface area contributed by atoms with Crippen molar-refractivity contribution in [3.8, 4) is 5.75 Å². The normalized spacial score (nSPS) is 19.4. The maximum Gasteiger partial charge on any atom is 0.227 e. The molecule has 1 aliphatic carbocycles. The molecule has 34 heavy (non-hydrogen) atoms. The molecular formula is C29H45BrN2O2. The van der Waals surface area contributed by atoms with Crippen LogP contribution in [0.1, 0.15) is 78.7 Å². The molecule has 0 aliphatic heterocycles. The number of amides is 1. The molecule has 0 heterocycles. The maximum atomic E-state index is 12.4. The third-order valence-electron chi connectivity index (χ3n) is 6.54. The van der Waals surface area contributed by atoms with Gasteiger partial charge in [0, 0.05) is 27.9 Å². The summed E-state index contributed by atoms with van der Waals surface area (Å²) in [5, 5.41) is 3.04. The van der Waals surface area contributed by atoms with Gasteiger partial charge in [0.05, 0.1) is 7.11 Å². The molecule has 0 radical (unpaired) electrons. The van der Waals surface area contributed by atoms with Crippen molar-refractivity contribution in [1.82, 2.24) is 0 Å². The number of halogens is 1. The van der Waals surface area contributed by atoms with Gasteiger partial charge in [-0.3, -0.25) is 4.79 Å². The van der Waals surface area contributed by atoms with Crippen LogP contribution in [-0.4, -0.2) is 13.0 Å². The van der Waals surface area contributed by atoms with Crippen LogP contribution >= 0.6 is 15.9 Å². The van der Waals surface area contributed by atoms with Gasteiger partial charge < -0.3 is 15.8 Å². The van der Waals surface area contributed by atoms with Gasteiger partial charge in [0.25, 0.3) is 0 Å². The number of hydrogen-bond donors (Lipinski definition) is 2. The number of carbonyl (C=O) groups excluding carboxylic acids is 1. The lowest BCUT2D eigenvalue weighted by Crippen LogP contribution is -2.28. The van der Waals surface area contributed by atoms with E-state index >= 15 is 0 Å². The van der Waals surface area contributed by atoms with Crippen molar-refractivity contribution in [3.05, 3.63) is 57.7 Å². The Labute approximate surface area is 216 Å². The van der Waals surface area contributed by atoms with Crippen LogP contribution in [0, 0.1) is 24.7 Å². The first kappa shape index (κ1) is 30.0. The van der Waals surface area contributed by atoms with Gasteiger partial charge in [-0.05, 0) is 87.5 Å². The summed E-state index contributed by atoms with van der Waals surface area (Å²) in [4.78, 5) is 12.4. The highest BCUT2D eigenvalue weighted by Gasteiger charge is 2.27. The number of aryl methyl sites for hydroxylation is 1. The molecule has 0 saturated heterocycles. The minimum Gasteiger partial charge on any atom is -0.496 e. The van der Waals surface area contributed by atoms with Crippen molar-refractivity contribution in [1.29, 1.82) is 0 Å². The van der Waals surface area contributed by atoms with E-state index in [4.69, 9.17) is 10.5 Å². The molecule has 2 rings (SSSR count). The highest BCUT2D eigenvalue weighted by molar-refractivity contribution is 9.12.